The molecule has 1 aliphatic carbocycles. The van der Waals surface area contributed by atoms with E-state index in [4.69, 9.17) is 4.98 Å². The number of pyridine rings is 2. The van der Waals surface area contributed by atoms with Crippen LogP contribution in [-0.2, 0) is 13.0 Å². The summed E-state index contributed by atoms with van der Waals surface area (Å²) in [6.45, 7) is 10.2. The maximum Gasteiger partial charge on any atom is 0.253 e. The molecule has 2 fully saturated rings. The Bertz CT molecular complexity index is 1640. The van der Waals surface area contributed by atoms with Gasteiger partial charge in [-0.2, -0.15) is 0 Å². The van der Waals surface area contributed by atoms with Gasteiger partial charge in [0.1, 0.15) is 5.82 Å². The normalized spacial score (nSPS) is 16.0. The van der Waals surface area contributed by atoms with Crippen molar-refractivity contribution in [2.75, 3.05) is 38.1 Å². The molecule has 3 aromatic heterocycles. The molecule has 0 bridgehead atoms. The average Bonchev–Trinajstić information content (AvgIpc) is 3.71. The number of aromatic amines is 1. The van der Waals surface area contributed by atoms with Gasteiger partial charge in [-0.25, -0.2) is 4.98 Å². The maximum absolute atomic E-state index is 13.8. The largest absolute Gasteiger partial charge is 0.354 e. The van der Waals surface area contributed by atoms with Crippen LogP contribution in [0.1, 0.15) is 65.0 Å². The Morgan fingerprint density at radius 1 is 1.10 bits per heavy atom. The molecule has 8 nitrogen and oxygen atoms in total. The van der Waals surface area contributed by atoms with Crippen molar-refractivity contribution in [1.82, 2.24) is 24.8 Å². The number of H-pyrrole nitrogens is 1. The Morgan fingerprint density at radius 2 is 1.88 bits per heavy atom. The van der Waals surface area contributed by atoms with Gasteiger partial charge in [-0.15, -0.1) is 0 Å². The number of hydrogen-bond donors (Lipinski definition) is 2. The van der Waals surface area contributed by atoms with Crippen LogP contribution in [0, 0.1) is 13.8 Å². The number of carbonyl (C=O) groups is 1. The summed E-state index contributed by atoms with van der Waals surface area (Å²) >= 11 is 0. The fourth-order valence-corrected chi connectivity index (χ4v) is 6.15. The molecule has 8 heteroatoms. The predicted molar refractivity (Wildman–Crippen MR) is 165 cm³/mol. The lowest BCUT2D eigenvalue weighted by atomic mass is 9.95. The van der Waals surface area contributed by atoms with Crippen molar-refractivity contribution in [1.29, 1.82) is 0 Å². The molecule has 1 aliphatic heterocycles. The van der Waals surface area contributed by atoms with Crippen LogP contribution in [0.5, 0.6) is 0 Å². The number of likely N-dealkylation sites (N-methyl/N-ethyl adjacent to an activating group) is 1. The number of anilines is 1. The van der Waals surface area contributed by atoms with Crippen molar-refractivity contribution in [2.24, 2.45) is 0 Å². The van der Waals surface area contributed by atoms with Crippen LogP contribution in [-0.4, -0.2) is 58.6 Å². The van der Waals surface area contributed by atoms with Gasteiger partial charge in [-0.05, 0) is 87.2 Å². The van der Waals surface area contributed by atoms with E-state index in [0.717, 1.165) is 96.5 Å². The highest BCUT2D eigenvalue weighted by Gasteiger charge is 2.27. The Labute approximate surface area is 241 Å². The second-order valence-electron chi connectivity index (χ2n) is 11.7. The molecule has 0 unspecified atom stereocenters. The number of nitrogens with one attached hydrogen (secondary N) is 2. The number of rotatable bonds is 8. The van der Waals surface area contributed by atoms with Gasteiger partial charge in [-0.3, -0.25) is 9.59 Å². The quantitative estimate of drug-likeness (QED) is 0.322. The highest BCUT2D eigenvalue weighted by molar-refractivity contribution is 6.06. The Kier molecular flexibility index (Phi) is 7.43. The second-order valence-corrected chi connectivity index (χ2v) is 11.7. The van der Waals surface area contributed by atoms with Crippen LogP contribution in [0.2, 0.25) is 0 Å². The van der Waals surface area contributed by atoms with E-state index in [-0.39, 0.29) is 18.0 Å². The average molecular weight is 553 g/mol. The van der Waals surface area contributed by atoms with Gasteiger partial charge in [0.25, 0.3) is 11.5 Å². The van der Waals surface area contributed by atoms with Crippen LogP contribution in [0.4, 0.5) is 5.82 Å². The number of amides is 1. The molecule has 214 valence electrons. The lowest BCUT2D eigenvalue weighted by molar-refractivity contribution is 0.0950. The summed E-state index contributed by atoms with van der Waals surface area (Å²) in [6, 6.07) is 10.9. The summed E-state index contributed by atoms with van der Waals surface area (Å²) < 4.78 is 2.33. The van der Waals surface area contributed by atoms with Crippen LogP contribution >= 0.6 is 0 Å². The summed E-state index contributed by atoms with van der Waals surface area (Å²) in [5, 5.41) is 4.22. The molecule has 2 aliphatic rings. The number of carbonyl (C=O) groups excluding carboxylic acids is 1. The smallest absolute Gasteiger partial charge is 0.253 e. The zero-order valence-corrected chi connectivity index (χ0v) is 24.6. The maximum atomic E-state index is 13.8. The molecule has 1 amide bonds. The van der Waals surface area contributed by atoms with Gasteiger partial charge in [0.05, 0.1) is 5.52 Å². The van der Waals surface area contributed by atoms with Crippen LogP contribution in [0.25, 0.3) is 22.0 Å². The number of aromatic nitrogens is 3. The minimum absolute atomic E-state index is 0.129. The van der Waals surface area contributed by atoms with Crippen molar-refractivity contribution in [3.05, 3.63) is 81.0 Å². The van der Waals surface area contributed by atoms with Gasteiger partial charge in [0.2, 0.25) is 0 Å². The Hall–Kier alpha value is -3.91. The van der Waals surface area contributed by atoms with E-state index in [1.165, 1.54) is 0 Å². The van der Waals surface area contributed by atoms with E-state index in [1.54, 1.807) is 0 Å². The van der Waals surface area contributed by atoms with Crippen molar-refractivity contribution < 1.29 is 4.79 Å². The van der Waals surface area contributed by atoms with E-state index in [2.05, 4.69) is 63.0 Å². The molecule has 0 atom stereocenters. The van der Waals surface area contributed by atoms with Crippen molar-refractivity contribution >= 4 is 22.6 Å². The molecule has 0 spiro atoms. The van der Waals surface area contributed by atoms with Gasteiger partial charge >= 0.3 is 0 Å². The number of aryl methyl sites for hydroxylation is 3. The molecule has 2 N–H and O–H groups in total. The zero-order chi connectivity index (χ0) is 28.7. The molecule has 4 aromatic rings. The van der Waals surface area contributed by atoms with E-state index < -0.39 is 0 Å². The second kappa shape index (κ2) is 11.2. The van der Waals surface area contributed by atoms with Crippen molar-refractivity contribution in [3.63, 3.8) is 0 Å². The molecule has 6 rings (SSSR count). The Balaban J connectivity index is 1.35. The monoisotopic (exact) mass is 552 g/mol. The van der Waals surface area contributed by atoms with E-state index in [1.807, 2.05) is 32.2 Å². The number of nitrogens with zero attached hydrogens (tertiary/aromatic N) is 4. The van der Waals surface area contributed by atoms with Crippen molar-refractivity contribution in [3.8, 4) is 11.1 Å². The van der Waals surface area contributed by atoms with Crippen LogP contribution in [0.15, 0.2) is 47.5 Å². The first-order chi connectivity index (χ1) is 19.8. The third-order valence-corrected chi connectivity index (χ3v) is 8.63. The van der Waals surface area contributed by atoms with Gasteiger partial charge in [0, 0.05) is 78.9 Å². The van der Waals surface area contributed by atoms with E-state index >= 15 is 0 Å². The number of piperazine rings is 1. The standard InChI is InChI=1S/C33H40N6O2/c1-5-6-23-17-21(2)36-33(41)29(23)20-35-32(40)27-18-28(26-11-12-39(25-8-9-25)31(26)22(27)3)24-7-10-30(34-19-24)38-15-13-37(4)14-16-38/h7,10-12,17-19,25H,5-6,8-9,13-16,20H2,1-4H3,(H,35,40)(H,36,41). The van der Waals surface area contributed by atoms with Crippen LogP contribution in [0.3, 0.4) is 0 Å². The third-order valence-electron chi connectivity index (χ3n) is 8.63. The molecule has 0 radical (unpaired) electrons. The summed E-state index contributed by atoms with van der Waals surface area (Å²) in [4.78, 5) is 39.0. The molecule has 1 saturated heterocycles. The van der Waals surface area contributed by atoms with Gasteiger partial charge < -0.3 is 24.7 Å². The molecule has 1 aromatic carbocycles. The molecule has 4 heterocycles. The fourth-order valence-electron chi connectivity index (χ4n) is 6.15. The minimum Gasteiger partial charge on any atom is -0.354 e. The summed E-state index contributed by atoms with van der Waals surface area (Å²) in [7, 11) is 2.15. The minimum atomic E-state index is -0.168. The number of hydrogen-bond acceptors (Lipinski definition) is 5. The van der Waals surface area contributed by atoms with Gasteiger partial charge in [0.15, 0.2) is 0 Å². The summed E-state index contributed by atoms with van der Waals surface area (Å²) in [6.07, 6.45) is 8.16. The first-order valence-corrected chi connectivity index (χ1v) is 14.9. The van der Waals surface area contributed by atoms with E-state index in [0.29, 0.717) is 17.2 Å². The third kappa shape index (κ3) is 5.40. The Morgan fingerprint density at radius 3 is 2.56 bits per heavy atom. The molecule has 1 saturated carbocycles. The van der Waals surface area contributed by atoms with Crippen molar-refractivity contribution in [2.45, 2.75) is 59.0 Å². The summed E-state index contributed by atoms with van der Waals surface area (Å²) in [5.74, 6) is 0.823. The van der Waals surface area contributed by atoms with Gasteiger partial charge in [-0.1, -0.05) is 13.3 Å². The molecule has 41 heavy (non-hydrogen) atoms. The summed E-state index contributed by atoms with van der Waals surface area (Å²) in [5.41, 5.74) is 7.05. The van der Waals surface area contributed by atoms with E-state index in [9.17, 15) is 9.59 Å². The molecular weight excluding hydrogens is 512 g/mol. The number of benzene rings is 1. The predicted octanol–water partition coefficient (Wildman–Crippen LogP) is 4.98. The zero-order valence-electron chi connectivity index (χ0n) is 24.6. The fraction of sp³-hybridized carbons (Fsp3) is 0.424. The lowest BCUT2D eigenvalue weighted by Crippen LogP contribution is -2.44. The first-order valence-electron chi connectivity index (χ1n) is 14.9. The first kappa shape index (κ1) is 27.3. The highest BCUT2D eigenvalue weighted by atomic mass is 16.1. The highest BCUT2D eigenvalue weighted by Crippen LogP contribution is 2.42. The SMILES string of the molecule is CCCc1cc(C)[nH]c(=O)c1CNC(=O)c1cc(-c2ccc(N3CCN(C)CC3)nc2)c2ccn(C3CC3)c2c1C. The lowest BCUT2D eigenvalue weighted by Gasteiger charge is -2.33. The van der Waals surface area contributed by atoms with Crippen LogP contribution < -0.4 is 15.8 Å². The number of fused-ring (bicyclic) bond motifs is 1. The molecular formula is C33H40N6O2. The topological polar surface area (TPSA) is 86.3 Å².